The van der Waals surface area contributed by atoms with Crippen LogP contribution < -0.4 is 5.32 Å². The second-order valence-corrected chi connectivity index (χ2v) is 5.72. The van der Waals surface area contributed by atoms with Crippen LogP contribution in [-0.4, -0.2) is 28.0 Å². The highest BCUT2D eigenvalue weighted by atomic mass is 32.1. The Kier molecular flexibility index (Phi) is 4.90. The average Bonchev–Trinajstić information content (AvgIpc) is 2.82. The second-order valence-electron chi connectivity index (χ2n) is 4.86. The molecule has 19 heavy (non-hydrogen) atoms. The van der Waals surface area contributed by atoms with Crippen LogP contribution in [0.4, 0.5) is 0 Å². The van der Waals surface area contributed by atoms with Crippen LogP contribution in [0.3, 0.4) is 0 Å². The molecule has 1 aromatic rings. The van der Waals surface area contributed by atoms with E-state index in [0.717, 1.165) is 37.0 Å². The van der Waals surface area contributed by atoms with Gasteiger partial charge in [0.05, 0.1) is 0 Å². The molecule has 1 aliphatic rings. The highest BCUT2D eigenvalue weighted by molar-refractivity contribution is 7.11. The van der Waals surface area contributed by atoms with Crippen LogP contribution in [0.1, 0.15) is 65.2 Å². The van der Waals surface area contributed by atoms with Crippen molar-refractivity contribution in [2.45, 2.75) is 51.0 Å². The van der Waals surface area contributed by atoms with Gasteiger partial charge in [0.2, 0.25) is 0 Å². The molecule has 1 heterocycles. The molecule has 2 N–H and O–H groups in total. The van der Waals surface area contributed by atoms with Gasteiger partial charge >= 0.3 is 5.97 Å². The number of hydrogen-bond donors (Lipinski definition) is 2. The molecule has 6 heteroatoms. The predicted molar refractivity (Wildman–Crippen MR) is 72.6 cm³/mol. The minimum atomic E-state index is -1.10. The number of carboxylic acids is 1. The number of rotatable bonds is 3. The van der Waals surface area contributed by atoms with E-state index in [1.54, 1.807) is 0 Å². The van der Waals surface area contributed by atoms with Crippen molar-refractivity contribution >= 4 is 23.2 Å². The lowest BCUT2D eigenvalue weighted by molar-refractivity contribution is 0.0691. The van der Waals surface area contributed by atoms with Crippen LogP contribution in [-0.2, 0) is 0 Å². The molecule has 104 valence electrons. The van der Waals surface area contributed by atoms with Gasteiger partial charge in [-0.05, 0) is 12.8 Å². The van der Waals surface area contributed by atoms with Crippen LogP contribution in [0, 0.1) is 0 Å². The van der Waals surface area contributed by atoms with Gasteiger partial charge in [0, 0.05) is 11.4 Å². The van der Waals surface area contributed by atoms with Crippen molar-refractivity contribution in [3.05, 3.63) is 16.1 Å². The molecule has 0 aromatic carbocycles. The van der Waals surface area contributed by atoms with Crippen molar-refractivity contribution in [3.8, 4) is 0 Å². The Morgan fingerprint density at radius 3 is 2.42 bits per heavy atom. The van der Waals surface area contributed by atoms with Crippen molar-refractivity contribution in [2.24, 2.45) is 0 Å². The van der Waals surface area contributed by atoms with E-state index in [1.165, 1.54) is 24.6 Å². The first kappa shape index (κ1) is 14.0. The van der Waals surface area contributed by atoms with Gasteiger partial charge in [-0.15, -0.1) is 11.3 Å². The Labute approximate surface area is 116 Å². The number of carboxylic acid groups (broad SMARTS) is 1. The number of carbonyl (C=O) groups excluding carboxylic acids is 1. The van der Waals surface area contributed by atoms with Crippen molar-refractivity contribution in [1.29, 1.82) is 0 Å². The van der Waals surface area contributed by atoms with Gasteiger partial charge in [-0.1, -0.05) is 32.1 Å². The maximum Gasteiger partial charge on any atom is 0.355 e. The lowest BCUT2D eigenvalue weighted by Gasteiger charge is -2.20. The van der Waals surface area contributed by atoms with Gasteiger partial charge in [-0.25, -0.2) is 9.78 Å². The summed E-state index contributed by atoms with van der Waals surface area (Å²) in [5, 5.41) is 13.4. The topological polar surface area (TPSA) is 79.3 Å². The van der Waals surface area contributed by atoms with E-state index in [-0.39, 0.29) is 22.7 Å². The number of aromatic carboxylic acids is 1. The fraction of sp³-hybridized carbons (Fsp3) is 0.615. The van der Waals surface area contributed by atoms with E-state index >= 15 is 0 Å². The first-order valence-electron chi connectivity index (χ1n) is 6.66. The summed E-state index contributed by atoms with van der Waals surface area (Å²) >= 11 is 1.08. The highest BCUT2D eigenvalue weighted by Crippen LogP contribution is 2.18. The van der Waals surface area contributed by atoms with Crippen molar-refractivity contribution < 1.29 is 14.7 Å². The van der Waals surface area contributed by atoms with E-state index in [0.29, 0.717) is 0 Å². The van der Waals surface area contributed by atoms with Gasteiger partial charge in [-0.3, -0.25) is 4.79 Å². The van der Waals surface area contributed by atoms with Crippen LogP contribution >= 0.6 is 11.3 Å². The normalized spacial score (nSPS) is 17.5. The highest BCUT2D eigenvalue weighted by Gasteiger charge is 2.18. The van der Waals surface area contributed by atoms with Crippen molar-refractivity contribution in [2.75, 3.05) is 0 Å². The van der Waals surface area contributed by atoms with E-state index in [4.69, 9.17) is 5.11 Å². The molecular formula is C13H18N2O3S. The third kappa shape index (κ3) is 4.02. The van der Waals surface area contributed by atoms with Gasteiger partial charge in [0.25, 0.3) is 5.91 Å². The average molecular weight is 282 g/mol. The fourth-order valence-corrected chi connectivity index (χ4v) is 3.02. The molecule has 0 atom stereocenters. The number of thiazole rings is 1. The molecule has 1 saturated carbocycles. The zero-order valence-corrected chi connectivity index (χ0v) is 11.5. The molecule has 0 saturated heterocycles. The smallest absolute Gasteiger partial charge is 0.355 e. The van der Waals surface area contributed by atoms with E-state index in [9.17, 15) is 9.59 Å². The Morgan fingerprint density at radius 1 is 1.21 bits per heavy atom. The van der Waals surface area contributed by atoms with Crippen molar-refractivity contribution in [3.63, 3.8) is 0 Å². The Hall–Kier alpha value is -1.43. The maximum atomic E-state index is 12.0. The van der Waals surface area contributed by atoms with Gasteiger partial charge in [0.1, 0.15) is 0 Å². The van der Waals surface area contributed by atoms with E-state index in [2.05, 4.69) is 10.3 Å². The van der Waals surface area contributed by atoms with Gasteiger partial charge in [-0.2, -0.15) is 0 Å². The maximum absolute atomic E-state index is 12.0. The summed E-state index contributed by atoms with van der Waals surface area (Å²) in [6.07, 6.45) is 8.03. The monoisotopic (exact) mass is 282 g/mol. The first-order chi connectivity index (χ1) is 9.16. The molecule has 0 radical (unpaired) electrons. The van der Waals surface area contributed by atoms with E-state index < -0.39 is 5.97 Å². The third-order valence-electron chi connectivity index (χ3n) is 3.36. The summed E-state index contributed by atoms with van der Waals surface area (Å²) < 4.78 is 0. The Balaban J connectivity index is 1.93. The van der Waals surface area contributed by atoms with Crippen LogP contribution in [0.25, 0.3) is 0 Å². The molecule has 0 unspecified atom stereocenters. The fourth-order valence-electron chi connectivity index (χ4n) is 2.32. The summed E-state index contributed by atoms with van der Waals surface area (Å²) in [6, 6.07) is 0.199. The molecular weight excluding hydrogens is 264 g/mol. The summed E-state index contributed by atoms with van der Waals surface area (Å²) in [5.74, 6) is -1.34. The summed E-state index contributed by atoms with van der Waals surface area (Å²) in [4.78, 5) is 26.5. The molecule has 5 nitrogen and oxygen atoms in total. The molecule has 0 bridgehead atoms. The largest absolute Gasteiger partial charge is 0.476 e. The van der Waals surface area contributed by atoms with Crippen LogP contribution in [0.15, 0.2) is 5.38 Å². The lowest BCUT2D eigenvalue weighted by atomic mass is 9.97. The minimum absolute atomic E-state index is 0.0622. The molecule has 0 aliphatic heterocycles. The molecule has 2 rings (SSSR count). The van der Waals surface area contributed by atoms with Gasteiger partial charge in [0.15, 0.2) is 10.7 Å². The molecule has 1 aromatic heterocycles. The lowest BCUT2D eigenvalue weighted by Crippen LogP contribution is -2.35. The number of aromatic nitrogens is 1. The molecule has 0 spiro atoms. The predicted octanol–water partition coefficient (Wildman–Crippen LogP) is 2.68. The molecule has 1 amide bonds. The Morgan fingerprint density at radius 2 is 1.84 bits per heavy atom. The summed E-state index contributed by atoms with van der Waals surface area (Å²) in [5.41, 5.74) is -0.0622. The SMILES string of the molecule is O=C(O)c1csc(C(=O)NC2CCCCCCC2)n1. The van der Waals surface area contributed by atoms with Crippen molar-refractivity contribution in [1.82, 2.24) is 10.3 Å². The standard InChI is InChI=1S/C13H18N2O3S/c16-11(12-15-10(8-19-12)13(17)18)14-9-6-4-2-1-3-5-7-9/h8-9H,1-7H2,(H,14,16)(H,17,18). The number of carbonyl (C=O) groups is 2. The minimum Gasteiger partial charge on any atom is -0.476 e. The quantitative estimate of drug-likeness (QED) is 0.893. The summed E-state index contributed by atoms with van der Waals surface area (Å²) in [6.45, 7) is 0. The third-order valence-corrected chi connectivity index (χ3v) is 4.20. The molecule has 1 fully saturated rings. The second kappa shape index (κ2) is 6.65. The number of nitrogens with one attached hydrogen (secondary N) is 1. The Bertz CT molecular complexity index is 450. The number of hydrogen-bond acceptors (Lipinski definition) is 4. The number of amides is 1. The zero-order valence-electron chi connectivity index (χ0n) is 10.7. The van der Waals surface area contributed by atoms with Crippen LogP contribution in [0.2, 0.25) is 0 Å². The van der Waals surface area contributed by atoms with Crippen LogP contribution in [0.5, 0.6) is 0 Å². The first-order valence-corrected chi connectivity index (χ1v) is 7.54. The zero-order chi connectivity index (χ0) is 13.7. The van der Waals surface area contributed by atoms with E-state index in [1.807, 2.05) is 0 Å². The molecule has 1 aliphatic carbocycles. The number of nitrogens with zero attached hydrogens (tertiary/aromatic N) is 1. The summed E-state index contributed by atoms with van der Waals surface area (Å²) in [7, 11) is 0. The van der Waals surface area contributed by atoms with Gasteiger partial charge < -0.3 is 10.4 Å².